The van der Waals surface area contributed by atoms with E-state index < -0.39 is 75.1 Å². The maximum Gasteiger partial charge on any atom is 0.198 e. The van der Waals surface area contributed by atoms with E-state index >= 15 is 0 Å². The third kappa shape index (κ3) is 2.22. The van der Waals surface area contributed by atoms with Crippen LogP contribution in [-0.2, 0) is 0 Å². The largest absolute Gasteiger partial charge is 0.203 e. The van der Waals surface area contributed by atoms with Gasteiger partial charge in [-0.05, 0) is 5.30 Å². The van der Waals surface area contributed by atoms with E-state index in [1.165, 1.54) is 30.3 Å². The van der Waals surface area contributed by atoms with Gasteiger partial charge in [0.2, 0.25) is 0 Å². The van der Waals surface area contributed by atoms with Crippen molar-refractivity contribution in [3.8, 4) is 5.30 Å². The zero-order valence-corrected chi connectivity index (χ0v) is 13.8. The standard InChI is InChI=1S/C18H5F8P/c19-9-7-8-10(20)12(22)14(24)16(26)18(8)27(6-4-2-1-3-5-6)17(7)15(25)13(23)11(9)21/h1-5H. The fourth-order valence-electron chi connectivity index (χ4n) is 3.06. The van der Waals surface area contributed by atoms with Crippen molar-refractivity contribution in [1.82, 2.24) is 0 Å². The minimum atomic E-state index is -2.55. The van der Waals surface area contributed by atoms with Crippen LogP contribution in [0.1, 0.15) is 0 Å². The zero-order chi connectivity index (χ0) is 19.6. The minimum Gasteiger partial charge on any atom is -0.203 e. The summed E-state index contributed by atoms with van der Waals surface area (Å²) in [7, 11) is -2.55. The topological polar surface area (TPSA) is 0 Å². The molecule has 0 aliphatic carbocycles. The lowest BCUT2D eigenvalue weighted by atomic mass is 10.1. The Labute approximate surface area is 146 Å². The second kappa shape index (κ2) is 5.96. The molecule has 0 aliphatic rings. The number of rotatable bonds is 1. The molecule has 4 rings (SSSR count). The van der Waals surface area contributed by atoms with E-state index in [0.29, 0.717) is 0 Å². The highest BCUT2D eigenvalue weighted by Crippen LogP contribution is 2.58. The van der Waals surface area contributed by atoms with Crippen molar-refractivity contribution < 1.29 is 35.1 Å². The quantitative estimate of drug-likeness (QED) is 0.181. The molecule has 3 aromatic carbocycles. The van der Waals surface area contributed by atoms with Crippen molar-refractivity contribution in [3.05, 3.63) is 76.9 Å². The van der Waals surface area contributed by atoms with E-state index in [1.807, 2.05) is 0 Å². The second-order valence-corrected chi connectivity index (χ2v) is 7.71. The third-order valence-electron chi connectivity index (χ3n) is 4.20. The Morgan fingerprint density at radius 3 is 1.22 bits per heavy atom. The maximum atomic E-state index is 14.5. The maximum absolute atomic E-state index is 14.5. The number of benzene rings is 3. The summed E-state index contributed by atoms with van der Waals surface area (Å²) in [5, 5.41) is -3.95. The highest BCUT2D eigenvalue weighted by Gasteiger charge is 2.33. The van der Waals surface area contributed by atoms with Crippen LogP contribution in [0, 0.1) is 46.5 Å². The van der Waals surface area contributed by atoms with Crippen LogP contribution in [0.15, 0.2) is 30.3 Å². The lowest BCUT2D eigenvalue weighted by Crippen LogP contribution is -1.98. The lowest BCUT2D eigenvalue weighted by molar-refractivity contribution is 0.416. The molecule has 27 heavy (non-hydrogen) atoms. The Morgan fingerprint density at radius 2 is 0.815 bits per heavy atom. The van der Waals surface area contributed by atoms with Gasteiger partial charge in [-0.3, -0.25) is 0 Å². The normalized spacial score (nSPS) is 11.7. The molecule has 138 valence electrons. The first-order valence-corrected chi connectivity index (χ1v) is 8.69. The molecule has 0 unspecified atom stereocenters. The first-order valence-electron chi connectivity index (χ1n) is 7.34. The Balaban J connectivity index is 2.45. The Morgan fingerprint density at radius 1 is 0.444 bits per heavy atom. The third-order valence-corrected chi connectivity index (χ3v) is 6.75. The summed E-state index contributed by atoms with van der Waals surface area (Å²) >= 11 is 0. The Kier molecular flexibility index (Phi) is 3.93. The summed E-state index contributed by atoms with van der Waals surface area (Å²) in [6, 6.07) is 7.03. The fourth-order valence-corrected chi connectivity index (χ4v) is 5.73. The van der Waals surface area contributed by atoms with Gasteiger partial charge in [0.25, 0.3) is 0 Å². The van der Waals surface area contributed by atoms with Crippen molar-refractivity contribution >= 4 is 28.5 Å². The lowest BCUT2D eigenvalue weighted by Gasteiger charge is -2.06. The van der Waals surface area contributed by atoms with E-state index in [9.17, 15) is 35.1 Å². The van der Waals surface area contributed by atoms with Gasteiger partial charge in [-0.2, -0.15) is 0 Å². The Bertz CT molecular complexity index is 1170. The molecule has 9 heteroatoms. The predicted octanol–water partition coefficient (Wildman–Crippen LogP) is 7.08. The summed E-state index contributed by atoms with van der Waals surface area (Å²) < 4.78 is 113. The molecule has 1 aromatic heterocycles. The van der Waals surface area contributed by atoms with Gasteiger partial charge in [-0.25, -0.2) is 35.1 Å². The number of hydrogen-bond donors (Lipinski definition) is 0. The first kappa shape index (κ1) is 17.8. The van der Waals surface area contributed by atoms with Crippen molar-refractivity contribution in [3.63, 3.8) is 0 Å². The van der Waals surface area contributed by atoms with Gasteiger partial charge >= 0.3 is 0 Å². The smallest absolute Gasteiger partial charge is 0.198 e. The van der Waals surface area contributed by atoms with Gasteiger partial charge in [0, 0.05) is 21.0 Å². The average Bonchev–Trinajstić information content (AvgIpc) is 3.04. The van der Waals surface area contributed by atoms with Crippen molar-refractivity contribution in [2.75, 3.05) is 0 Å². The van der Waals surface area contributed by atoms with E-state index in [-0.39, 0.29) is 5.30 Å². The number of fused-ring (bicyclic) bond motifs is 3. The molecule has 0 aliphatic heterocycles. The number of hydrogen-bond acceptors (Lipinski definition) is 0. The molecule has 0 saturated carbocycles. The molecule has 0 nitrogen and oxygen atoms in total. The van der Waals surface area contributed by atoms with Gasteiger partial charge in [0.1, 0.15) is 0 Å². The summed E-state index contributed by atoms with van der Waals surface area (Å²) in [5.74, 6) is -16.6. The van der Waals surface area contributed by atoms with Crippen LogP contribution in [0.25, 0.3) is 26.3 Å². The van der Waals surface area contributed by atoms with Crippen LogP contribution in [-0.4, -0.2) is 0 Å². The van der Waals surface area contributed by atoms with Crippen molar-refractivity contribution in [2.45, 2.75) is 0 Å². The van der Waals surface area contributed by atoms with Gasteiger partial charge in [0.15, 0.2) is 46.5 Å². The van der Waals surface area contributed by atoms with E-state index in [1.54, 1.807) is 0 Å². The zero-order valence-electron chi connectivity index (χ0n) is 12.9. The number of halogens is 8. The molecule has 4 aromatic rings. The molecule has 0 N–H and O–H groups in total. The average molecular weight is 404 g/mol. The van der Waals surface area contributed by atoms with Crippen LogP contribution in [0.4, 0.5) is 35.1 Å². The second-order valence-electron chi connectivity index (χ2n) is 5.63. The van der Waals surface area contributed by atoms with Crippen LogP contribution in [0.5, 0.6) is 0 Å². The van der Waals surface area contributed by atoms with Gasteiger partial charge in [0.05, 0.1) is 0 Å². The molecule has 1 heterocycles. The summed E-state index contributed by atoms with van der Waals surface area (Å²) in [4.78, 5) is 0. The Hall–Kier alpha value is -2.60. The van der Waals surface area contributed by atoms with Gasteiger partial charge in [-0.15, -0.1) is 0 Å². The fraction of sp³-hybridized carbons (Fsp3) is 0. The monoisotopic (exact) mass is 404 g/mol. The first-order chi connectivity index (χ1) is 12.8. The van der Waals surface area contributed by atoms with Crippen LogP contribution < -0.4 is 0 Å². The van der Waals surface area contributed by atoms with Gasteiger partial charge < -0.3 is 0 Å². The minimum absolute atomic E-state index is 0.0844. The summed E-state index contributed by atoms with van der Waals surface area (Å²) in [6.45, 7) is 0. The van der Waals surface area contributed by atoms with Gasteiger partial charge in [-0.1, -0.05) is 37.9 Å². The predicted molar refractivity (Wildman–Crippen MR) is 85.2 cm³/mol. The van der Waals surface area contributed by atoms with Crippen LogP contribution >= 0.6 is 7.53 Å². The highest BCUT2D eigenvalue weighted by atomic mass is 31.1. The van der Waals surface area contributed by atoms with E-state index in [2.05, 4.69) is 0 Å². The molecule has 0 bridgehead atoms. The van der Waals surface area contributed by atoms with Crippen molar-refractivity contribution in [1.29, 1.82) is 0 Å². The molecular formula is C18H5F8P. The van der Waals surface area contributed by atoms with E-state index in [4.69, 9.17) is 0 Å². The van der Waals surface area contributed by atoms with Crippen LogP contribution in [0.2, 0.25) is 0 Å². The molecule has 0 saturated heterocycles. The SMILES string of the molecule is Fc1c(F)c(F)c2c(c1F)c1c(F)c(F)c(F)c(F)c1p2-c1ccccc1. The summed E-state index contributed by atoms with van der Waals surface area (Å²) in [5.41, 5.74) is 0. The summed E-state index contributed by atoms with van der Waals surface area (Å²) in [6.07, 6.45) is 0. The molecule has 0 fully saturated rings. The molecule has 0 amide bonds. The van der Waals surface area contributed by atoms with Crippen molar-refractivity contribution in [2.24, 2.45) is 0 Å². The van der Waals surface area contributed by atoms with E-state index in [0.717, 1.165) is 0 Å². The molecular weight excluding hydrogens is 399 g/mol. The highest BCUT2D eigenvalue weighted by molar-refractivity contribution is 7.68. The van der Waals surface area contributed by atoms with Crippen LogP contribution in [0.3, 0.4) is 0 Å². The molecule has 0 radical (unpaired) electrons. The molecule has 0 spiro atoms. The molecule has 0 atom stereocenters.